The van der Waals surface area contributed by atoms with Gasteiger partial charge in [0.05, 0.1) is 16.4 Å². The molecular formula is C21H21Cl2N3O2. The molecule has 1 fully saturated rings. The monoisotopic (exact) mass is 417 g/mol. The van der Waals surface area contributed by atoms with E-state index in [2.05, 4.69) is 22.2 Å². The molecule has 4 rings (SSSR count). The summed E-state index contributed by atoms with van der Waals surface area (Å²) in [5.74, 6) is -0.0604. The maximum atomic E-state index is 13.0. The van der Waals surface area contributed by atoms with Gasteiger partial charge >= 0.3 is 0 Å². The molecule has 1 aliphatic heterocycles. The van der Waals surface area contributed by atoms with E-state index in [0.29, 0.717) is 21.3 Å². The molecule has 28 heavy (non-hydrogen) atoms. The Morgan fingerprint density at radius 1 is 1.11 bits per heavy atom. The summed E-state index contributed by atoms with van der Waals surface area (Å²) in [4.78, 5) is 17.5. The first-order chi connectivity index (χ1) is 13.4. The molecule has 1 aliphatic rings. The van der Waals surface area contributed by atoms with E-state index in [1.54, 1.807) is 12.1 Å². The summed E-state index contributed by atoms with van der Waals surface area (Å²) < 4.78 is 5.80. The van der Waals surface area contributed by atoms with Gasteiger partial charge in [-0.05, 0) is 38.2 Å². The van der Waals surface area contributed by atoms with Gasteiger partial charge in [0.25, 0.3) is 5.91 Å². The minimum absolute atomic E-state index is 0.257. The number of fused-ring (bicyclic) bond motifs is 1. The van der Waals surface area contributed by atoms with E-state index in [-0.39, 0.29) is 11.7 Å². The van der Waals surface area contributed by atoms with Gasteiger partial charge in [0.1, 0.15) is 0 Å². The summed E-state index contributed by atoms with van der Waals surface area (Å²) in [5.41, 5.74) is 2.92. The van der Waals surface area contributed by atoms with Crippen LogP contribution < -0.4 is 10.2 Å². The van der Waals surface area contributed by atoms with Gasteiger partial charge in [-0.15, -0.1) is 0 Å². The zero-order valence-corrected chi connectivity index (χ0v) is 17.3. The molecule has 0 atom stereocenters. The first-order valence-corrected chi connectivity index (χ1v) is 9.91. The molecule has 1 aromatic heterocycles. The smallest absolute Gasteiger partial charge is 0.291 e. The van der Waals surface area contributed by atoms with Crippen molar-refractivity contribution in [2.24, 2.45) is 0 Å². The number of anilines is 2. The quantitative estimate of drug-likeness (QED) is 0.647. The van der Waals surface area contributed by atoms with Gasteiger partial charge in [-0.1, -0.05) is 35.3 Å². The van der Waals surface area contributed by atoms with Crippen molar-refractivity contribution in [1.29, 1.82) is 0 Å². The molecule has 0 spiro atoms. The van der Waals surface area contributed by atoms with Gasteiger partial charge in [-0.3, -0.25) is 4.79 Å². The largest absolute Gasteiger partial charge is 0.449 e. The summed E-state index contributed by atoms with van der Waals surface area (Å²) in [6, 6.07) is 11.1. The highest BCUT2D eigenvalue weighted by molar-refractivity contribution is 6.35. The zero-order valence-electron chi connectivity index (χ0n) is 15.8. The number of amides is 1. The zero-order chi connectivity index (χ0) is 19.8. The van der Waals surface area contributed by atoms with Gasteiger partial charge in [0.15, 0.2) is 11.3 Å². The maximum absolute atomic E-state index is 13.0. The van der Waals surface area contributed by atoms with Crippen LogP contribution in [0.5, 0.6) is 0 Å². The molecular weight excluding hydrogens is 397 g/mol. The highest BCUT2D eigenvalue weighted by atomic mass is 35.5. The molecule has 0 radical (unpaired) electrons. The van der Waals surface area contributed by atoms with E-state index >= 15 is 0 Å². The Morgan fingerprint density at radius 3 is 2.57 bits per heavy atom. The fraction of sp³-hybridized carbons (Fsp3) is 0.286. The number of halogens is 2. The topological polar surface area (TPSA) is 48.7 Å². The van der Waals surface area contributed by atoms with Gasteiger partial charge in [-0.25, -0.2) is 0 Å². The average Bonchev–Trinajstić information content (AvgIpc) is 3.01. The number of nitrogens with zero attached hydrogens (tertiary/aromatic N) is 2. The molecule has 146 valence electrons. The van der Waals surface area contributed by atoms with Gasteiger partial charge in [-0.2, -0.15) is 0 Å². The van der Waals surface area contributed by atoms with Crippen molar-refractivity contribution >= 4 is 51.5 Å². The lowest BCUT2D eigenvalue weighted by Gasteiger charge is -2.35. The van der Waals surface area contributed by atoms with Crippen molar-refractivity contribution in [2.45, 2.75) is 6.92 Å². The lowest BCUT2D eigenvalue weighted by Crippen LogP contribution is -2.44. The average molecular weight is 418 g/mol. The molecule has 1 saturated heterocycles. The molecule has 2 heterocycles. The number of carbonyl (C=O) groups excluding carboxylic acids is 1. The van der Waals surface area contributed by atoms with Gasteiger partial charge in [0, 0.05) is 42.2 Å². The number of para-hydroxylation sites is 1. The van der Waals surface area contributed by atoms with Crippen LogP contribution in [0.1, 0.15) is 16.1 Å². The standard InChI is InChI=1S/C21H21Cl2N3O2/c1-13-15-4-3-5-16(23)20(15)28-19(13)21(27)24-17-12-14(22)6-7-18(17)26-10-8-25(2)9-11-26/h3-7,12H,8-11H2,1-2H3,(H,24,27). The van der Waals surface area contributed by atoms with E-state index in [4.69, 9.17) is 27.6 Å². The number of rotatable bonds is 3. The van der Waals surface area contributed by atoms with E-state index in [0.717, 1.165) is 42.8 Å². The van der Waals surface area contributed by atoms with Gasteiger partial charge < -0.3 is 19.5 Å². The van der Waals surface area contributed by atoms with Crippen LogP contribution in [-0.4, -0.2) is 44.0 Å². The predicted octanol–water partition coefficient (Wildman–Crippen LogP) is 5.05. The molecule has 1 N–H and O–H groups in total. The Hall–Kier alpha value is -2.21. The molecule has 0 bridgehead atoms. The van der Waals surface area contributed by atoms with Crippen LogP contribution in [0.15, 0.2) is 40.8 Å². The molecule has 0 saturated carbocycles. The van der Waals surface area contributed by atoms with E-state index < -0.39 is 0 Å². The minimum Gasteiger partial charge on any atom is -0.449 e. The fourth-order valence-corrected chi connectivity index (χ4v) is 3.92. The second-order valence-electron chi connectivity index (χ2n) is 7.08. The Labute approximate surface area is 173 Å². The minimum atomic E-state index is -0.317. The van der Waals surface area contributed by atoms with Crippen LogP contribution in [-0.2, 0) is 0 Å². The number of carbonyl (C=O) groups is 1. The van der Waals surface area contributed by atoms with E-state index in [1.165, 1.54) is 0 Å². The number of benzene rings is 2. The number of hydrogen-bond acceptors (Lipinski definition) is 4. The van der Waals surface area contributed by atoms with Crippen LogP contribution in [0.25, 0.3) is 11.0 Å². The molecule has 0 unspecified atom stereocenters. The SMILES string of the molecule is Cc1c(C(=O)Nc2cc(Cl)ccc2N2CCN(C)CC2)oc2c(Cl)cccc12. The normalized spacial score (nSPS) is 15.2. The number of likely N-dealkylation sites (N-methyl/N-ethyl adjacent to an activating group) is 1. The summed E-state index contributed by atoms with van der Waals surface area (Å²) in [6.45, 7) is 5.57. The highest BCUT2D eigenvalue weighted by Crippen LogP contribution is 2.33. The summed E-state index contributed by atoms with van der Waals surface area (Å²) in [7, 11) is 2.11. The van der Waals surface area contributed by atoms with Gasteiger partial charge in [0.2, 0.25) is 0 Å². The Balaban J connectivity index is 1.66. The Kier molecular flexibility index (Phi) is 5.23. The van der Waals surface area contributed by atoms with Crippen molar-refractivity contribution in [3.05, 3.63) is 57.8 Å². The van der Waals surface area contributed by atoms with Crippen LogP contribution in [0.3, 0.4) is 0 Å². The van der Waals surface area contributed by atoms with Crippen LogP contribution in [0.2, 0.25) is 10.0 Å². The third kappa shape index (κ3) is 3.58. The first kappa shape index (κ1) is 19.1. The van der Waals surface area contributed by atoms with Crippen LogP contribution in [0.4, 0.5) is 11.4 Å². The Morgan fingerprint density at radius 2 is 1.86 bits per heavy atom. The van der Waals surface area contributed by atoms with Crippen molar-refractivity contribution in [1.82, 2.24) is 4.90 Å². The summed E-state index contributed by atoms with van der Waals surface area (Å²) >= 11 is 12.4. The maximum Gasteiger partial charge on any atom is 0.291 e. The highest BCUT2D eigenvalue weighted by Gasteiger charge is 2.22. The molecule has 7 heteroatoms. The summed E-state index contributed by atoms with van der Waals surface area (Å²) in [6.07, 6.45) is 0. The molecule has 3 aromatic rings. The van der Waals surface area contributed by atoms with Crippen LogP contribution in [0, 0.1) is 6.92 Å². The first-order valence-electron chi connectivity index (χ1n) is 9.16. The predicted molar refractivity (Wildman–Crippen MR) is 115 cm³/mol. The third-order valence-corrected chi connectivity index (χ3v) is 5.71. The third-order valence-electron chi connectivity index (χ3n) is 5.17. The number of furan rings is 1. The molecule has 1 amide bonds. The molecule has 5 nitrogen and oxygen atoms in total. The van der Waals surface area contributed by atoms with Crippen molar-refractivity contribution < 1.29 is 9.21 Å². The lowest BCUT2D eigenvalue weighted by atomic mass is 10.1. The van der Waals surface area contributed by atoms with E-state index in [1.807, 2.05) is 31.2 Å². The van der Waals surface area contributed by atoms with Crippen molar-refractivity contribution in [2.75, 3.05) is 43.4 Å². The molecule has 2 aromatic carbocycles. The molecule has 0 aliphatic carbocycles. The second-order valence-corrected chi connectivity index (χ2v) is 7.92. The number of nitrogens with one attached hydrogen (secondary N) is 1. The number of piperazine rings is 1. The Bertz CT molecular complexity index is 1040. The fourth-order valence-electron chi connectivity index (χ4n) is 3.54. The van der Waals surface area contributed by atoms with Crippen molar-refractivity contribution in [3.8, 4) is 0 Å². The number of aryl methyl sites for hydroxylation is 1. The number of hydrogen-bond donors (Lipinski definition) is 1. The lowest BCUT2D eigenvalue weighted by molar-refractivity contribution is 0.0998. The summed E-state index contributed by atoms with van der Waals surface area (Å²) in [5, 5.41) is 4.87. The van der Waals surface area contributed by atoms with Crippen molar-refractivity contribution in [3.63, 3.8) is 0 Å². The van der Waals surface area contributed by atoms with E-state index in [9.17, 15) is 4.79 Å². The second kappa shape index (κ2) is 7.66. The van der Waals surface area contributed by atoms with Crippen LogP contribution >= 0.6 is 23.2 Å².